The van der Waals surface area contributed by atoms with Crippen LogP contribution in [0, 0.1) is 10.1 Å². The van der Waals surface area contributed by atoms with Crippen LogP contribution >= 0.6 is 0 Å². The molecule has 3 N–H and O–H groups in total. The molecule has 0 heterocycles. The van der Waals surface area contributed by atoms with Crippen LogP contribution in [0.5, 0.6) is 5.75 Å². The minimum atomic E-state index is -0.464. The van der Waals surface area contributed by atoms with Crippen LogP contribution in [-0.2, 0) is 0 Å². The van der Waals surface area contributed by atoms with Gasteiger partial charge in [-0.2, -0.15) is 0 Å². The van der Waals surface area contributed by atoms with E-state index in [0.717, 1.165) is 12.2 Å². The first kappa shape index (κ1) is 14.6. The zero-order valence-electron chi connectivity index (χ0n) is 11.5. The maximum absolute atomic E-state index is 10.6. The van der Waals surface area contributed by atoms with Crippen molar-refractivity contribution < 1.29 is 9.66 Å². The van der Waals surface area contributed by atoms with Gasteiger partial charge in [0.1, 0.15) is 5.75 Å². The molecule has 6 heteroatoms. The Morgan fingerprint density at radius 3 is 2.62 bits per heavy atom. The molecule has 21 heavy (non-hydrogen) atoms. The van der Waals surface area contributed by atoms with Crippen LogP contribution in [0.4, 0.5) is 17.1 Å². The molecule has 2 rings (SSSR count). The largest absolute Gasteiger partial charge is 0.494 e. The summed E-state index contributed by atoms with van der Waals surface area (Å²) >= 11 is 0. The van der Waals surface area contributed by atoms with E-state index in [9.17, 15) is 10.1 Å². The zero-order chi connectivity index (χ0) is 15.1. The summed E-state index contributed by atoms with van der Waals surface area (Å²) in [5, 5.41) is 13.7. The number of nitrogens with two attached hydrogens (primary N) is 1. The summed E-state index contributed by atoms with van der Waals surface area (Å²) in [4.78, 5) is 10.1. The minimum absolute atomic E-state index is 0.00883. The third kappa shape index (κ3) is 4.38. The SMILES string of the molecule is Nc1cc([N+](=O)[O-])ccc1NCCCOc1ccccc1. The average Bonchev–Trinajstić information content (AvgIpc) is 2.49. The highest BCUT2D eigenvalue weighted by molar-refractivity contribution is 5.69. The van der Waals surface area contributed by atoms with E-state index in [1.165, 1.54) is 12.1 Å². The first-order valence-corrected chi connectivity index (χ1v) is 6.62. The van der Waals surface area contributed by atoms with Gasteiger partial charge in [-0.05, 0) is 24.6 Å². The van der Waals surface area contributed by atoms with Crippen molar-refractivity contribution in [3.05, 3.63) is 58.6 Å². The van der Waals surface area contributed by atoms with E-state index < -0.39 is 4.92 Å². The second kappa shape index (κ2) is 7.14. The second-order valence-corrected chi connectivity index (χ2v) is 4.47. The van der Waals surface area contributed by atoms with Gasteiger partial charge in [0.25, 0.3) is 5.69 Å². The van der Waals surface area contributed by atoms with Gasteiger partial charge in [0.05, 0.1) is 22.9 Å². The molecule has 0 bridgehead atoms. The van der Waals surface area contributed by atoms with E-state index >= 15 is 0 Å². The van der Waals surface area contributed by atoms with E-state index in [1.807, 2.05) is 30.3 Å². The first-order valence-electron chi connectivity index (χ1n) is 6.62. The summed E-state index contributed by atoms with van der Waals surface area (Å²) in [6, 6.07) is 14.0. The van der Waals surface area contributed by atoms with Crippen LogP contribution in [0.15, 0.2) is 48.5 Å². The monoisotopic (exact) mass is 287 g/mol. The maximum atomic E-state index is 10.6. The lowest BCUT2D eigenvalue weighted by atomic mass is 10.2. The Bertz CT molecular complexity index is 602. The Morgan fingerprint density at radius 1 is 1.19 bits per heavy atom. The van der Waals surface area contributed by atoms with Crippen molar-refractivity contribution in [3.8, 4) is 5.75 Å². The Morgan fingerprint density at radius 2 is 1.95 bits per heavy atom. The molecule has 0 aliphatic heterocycles. The highest BCUT2D eigenvalue weighted by Gasteiger charge is 2.08. The molecule has 0 amide bonds. The minimum Gasteiger partial charge on any atom is -0.494 e. The van der Waals surface area contributed by atoms with Gasteiger partial charge in [0, 0.05) is 18.7 Å². The van der Waals surface area contributed by atoms with Gasteiger partial charge in [-0.25, -0.2) is 0 Å². The van der Waals surface area contributed by atoms with Crippen molar-refractivity contribution in [1.29, 1.82) is 0 Å². The number of nitrogens with one attached hydrogen (secondary N) is 1. The smallest absolute Gasteiger partial charge is 0.271 e. The molecular formula is C15H17N3O3. The summed E-state index contributed by atoms with van der Waals surface area (Å²) in [5.41, 5.74) is 6.82. The number of ether oxygens (including phenoxy) is 1. The van der Waals surface area contributed by atoms with E-state index in [4.69, 9.17) is 10.5 Å². The first-order chi connectivity index (χ1) is 10.2. The molecule has 0 atom stereocenters. The molecule has 0 spiro atoms. The fourth-order valence-electron chi connectivity index (χ4n) is 1.83. The molecule has 0 aliphatic carbocycles. The topological polar surface area (TPSA) is 90.4 Å². The van der Waals surface area contributed by atoms with Crippen molar-refractivity contribution in [1.82, 2.24) is 0 Å². The Kier molecular flexibility index (Phi) is 4.98. The van der Waals surface area contributed by atoms with Crippen molar-refractivity contribution >= 4 is 17.1 Å². The van der Waals surface area contributed by atoms with Gasteiger partial charge < -0.3 is 15.8 Å². The lowest BCUT2D eigenvalue weighted by Crippen LogP contribution is -2.08. The Balaban J connectivity index is 1.75. The number of nitro benzene ring substituents is 1. The number of anilines is 2. The number of nitro groups is 1. The summed E-state index contributed by atoms with van der Waals surface area (Å²) < 4.78 is 5.56. The molecule has 2 aromatic carbocycles. The van der Waals surface area contributed by atoms with E-state index in [2.05, 4.69) is 5.32 Å². The van der Waals surface area contributed by atoms with Crippen molar-refractivity contribution in [2.24, 2.45) is 0 Å². The summed E-state index contributed by atoms with van der Waals surface area (Å²) in [6.07, 6.45) is 0.797. The van der Waals surface area contributed by atoms with Crippen molar-refractivity contribution in [3.63, 3.8) is 0 Å². The summed E-state index contributed by atoms with van der Waals surface area (Å²) in [5.74, 6) is 0.840. The number of rotatable bonds is 7. The van der Waals surface area contributed by atoms with E-state index in [-0.39, 0.29) is 5.69 Å². The van der Waals surface area contributed by atoms with Crippen molar-refractivity contribution in [2.75, 3.05) is 24.2 Å². The molecule has 0 saturated heterocycles. The molecule has 0 aromatic heterocycles. The van der Waals surface area contributed by atoms with E-state index in [0.29, 0.717) is 24.5 Å². The van der Waals surface area contributed by atoms with Gasteiger partial charge in [0.2, 0.25) is 0 Å². The molecule has 2 aromatic rings. The third-order valence-electron chi connectivity index (χ3n) is 2.89. The molecular weight excluding hydrogens is 270 g/mol. The van der Waals surface area contributed by atoms with Gasteiger partial charge in [-0.15, -0.1) is 0 Å². The lowest BCUT2D eigenvalue weighted by molar-refractivity contribution is -0.384. The molecule has 110 valence electrons. The van der Waals surface area contributed by atoms with Crippen LogP contribution in [-0.4, -0.2) is 18.1 Å². The molecule has 6 nitrogen and oxygen atoms in total. The number of nitrogens with zero attached hydrogens (tertiary/aromatic N) is 1. The lowest BCUT2D eigenvalue weighted by Gasteiger charge is -2.10. The van der Waals surface area contributed by atoms with Gasteiger partial charge in [-0.1, -0.05) is 18.2 Å². The second-order valence-electron chi connectivity index (χ2n) is 4.47. The van der Waals surface area contributed by atoms with Crippen LogP contribution in [0.1, 0.15) is 6.42 Å². The average molecular weight is 287 g/mol. The number of non-ortho nitro benzene ring substituents is 1. The molecule has 0 aliphatic rings. The van der Waals surface area contributed by atoms with Crippen LogP contribution in [0.2, 0.25) is 0 Å². The molecule has 0 fully saturated rings. The maximum Gasteiger partial charge on any atom is 0.271 e. The quantitative estimate of drug-likeness (QED) is 0.353. The number of nitrogen functional groups attached to an aromatic ring is 1. The standard InChI is InChI=1S/C15H17N3O3/c16-14-11-12(18(19)20)7-8-15(14)17-9-4-10-21-13-5-2-1-3-6-13/h1-3,5-8,11,17H,4,9-10,16H2. The zero-order valence-corrected chi connectivity index (χ0v) is 11.5. The highest BCUT2D eigenvalue weighted by atomic mass is 16.6. The Hall–Kier alpha value is -2.76. The predicted octanol–water partition coefficient (Wildman–Crippen LogP) is 3.06. The number of hydrogen-bond acceptors (Lipinski definition) is 5. The summed E-state index contributed by atoms with van der Waals surface area (Å²) in [7, 11) is 0. The predicted molar refractivity (Wildman–Crippen MR) is 82.6 cm³/mol. The molecule has 0 radical (unpaired) electrons. The van der Waals surface area contributed by atoms with Crippen LogP contribution < -0.4 is 15.8 Å². The third-order valence-corrected chi connectivity index (χ3v) is 2.89. The van der Waals surface area contributed by atoms with Crippen LogP contribution in [0.3, 0.4) is 0 Å². The fourth-order valence-corrected chi connectivity index (χ4v) is 1.83. The van der Waals surface area contributed by atoms with Crippen LogP contribution in [0.25, 0.3) is 0 Å². The number of hydrogen-bond donors (Lipinski definition) is 2. The molecule has 0 saturated carbocycles. The highest BCUT2D eigenvalue weighted by Crippen LogP contribution is 2.23. The normalized spacial score (nSPS) is 10.1. The Labute approximate surface area is 122 Å². The van der Waals surface area contributed by atoms with Gasteiger partial charge >= 0.3 is 0 Å². The van der Waals surface area contributed by atoms with Gasteiger partial charge in [-0.3, -0.25) is 10.1 Å². The number of para-hydroxylation sites is 1. The molecule has 0 unspecified atom stereocenters. The fraction of sp³-hybridized carbons (Fsp3) is 0.200. The summed E-state index contributed by atoms with van der Waals surface area (Å²) in [6.45, 7) is 1.26. The number of benzene rings is 2. The van der Waals surface area contributed by atoms with Gasteiger partial charge in [0.15, 0.2) is 0 Å². The van der Waals surface area contributed by atoms with E-state index in [1.54, 1.807) is 6.07 Å². The van der Waals surface area contributed by atoms with Crippen molar-refractivity contribution in [2.45, 2.75) is 6.42 Å².